The van der Waals surface area contributed by atoms with E-state index in [9.17, 15) is 0 Å². The molecule has 0 aliphatic rings. The van der Waals surface area contributed by atoms with Crippen molar-refractivity contribution in [3.05, 3.63) is 114 Å². The van der Waals surface area contributed by atoms with Crippen LogP contribution in [0, 0.1) is 0 Å². The number of rotatable bonds is 12. The Morgan fingerprint density at radius 3 is 1.90 bits per heavy atom. The van der Waals surface area contributed by atoms with Gasteiger partial charge in [0.15, 0.2) is 0 Å². The predicted molar refractivity (Wildman–Crippen MR) is 127 cm³/mol. The molecule has 156 valence electrons. The van der Waals surface area contributed by atoms with Gasteiger partial charge in [0, 0.05) is 6.61 Å². The van der Waals surface area contributed by atoms with E-state index in [-0.39, 0.29) is 0 Å². The number of hydrogen-bond donors (Lipinski definition) is 1. The van der Waals surface area contributed by atoms with Crippen molar-refractivity contribution in [2.75, 3.05) is 19.7 Å². The minimum absolute atomic E-state index is 0.425. The maximum atomic E-state index is 6.58. The van der Waals surface area contributed by atoms with Gasteiger partial charge in [0.05, 0.1) is 0 Å². The van der Waals surface area contributed by atoms with Crippen molar-refractivity contribution >= 4 is 6.08 Å². The van der Waals surface area contributed by atoms with Gasteiger partial charge in [0.25, 0.3) is 0 Å². The summed E-state index contributed by atoms with van der Waals surface area (Å²) in [4.78, 5) is 0. The van der Waals surface area contributed by atoms with Crippen LogP contribution in [-0.2, 0) is 10.3 Å². The number of benzene rings is 3. The van der Waals surface area contributed by atoms with Gasteiger partial charge in [-0.2, -0.15) is 0 Å². The third-order valence-electron chi connectivity index (χ3n) is 5.28. The van der Waals surface area contributed by atoms with Crippen LogP contribution in [0.25, 0.3) is 6.08 Å². The molecule has 0 amide bonds. The summed E-state index contributed by atoms with van der Waals surface area (Å²) in [6, 6.07) is 31.7. The van der Waals surface area contributed by atoms with Crippen molar-refractivity contribution in [1.82, 2.24) is 5.32 Å². The van der Waals surface area contributed by atoms with Gasteiger partial charge in [-0.1, -0.05) is 110 Å². The summed E-state index contributed by atoms with van der Waals surface area (Å²) in [5, 5.41) is 3.61. The smallest absolute Gasteiger partial charge is 0.119 e. The van der Waals surface area contributed by atoms with E-state index >= 15 is 0 Å². The second-order valence-electron chi connectivity index (χ2n) is 7.51. The maximum absolute atomic E-state index is 6.58. The van der Waals surface area contributed by atoms with E-state index in [2.05, 4.69) is 109 Å². The van der Waals surface area contributed by atoms with Crippen LogP contribution in [0.3, 0.4) is 0 Å². The Hall–Kier alpha value is -2.68. The van der Waals surface area contributed by atoms with Gasteiger partial charge in [-0.15, -0.1) is 0 Å². The highest BCUT2D eigenvalue weighted by Gasteiger charge is 2.34. The van der Waals surface area contributed by atoms with Crippen LogP contribution in [0.2, 0.25) is 0 Å². The van der Waals surface area contributed by atoms with Crippen molar-refractivity contribution in [3.8, 4) is 0 Å². The number of ether oxygens (including phenoxy) is 1. The van der Waals surface area contributed by atoms with Crippen molar-refractivity contribution in [2.24, 2.45) is 0 Å². The molecule has 0 saturated heterocycles. The Balaban J connectivity index is 1.64. The Labute approximate surface area is 181 Å². The molecule has 1 N–H and O–H groups in total. The Morgan fingerprint density at radius 1 is 0.767 bits per heavy atom. The lowest BCUT2D eigenvalue weighted by Gasteiger charge is -2.35. The van der Waals surface area contributed by atoms with Crippen molar-refractivity contribution in [3.63, 3.8) is 0 Å². The van der Waals surface area contributed by atoms with Gasteiger partial charge in [0.1, 0.15) is 5.60 Å². The second-order valence-corrected chi connectivity index (χ2v) is 7.51. The fourth-order valence-electron chi connectivity index (χ4n) is 3.74. The molecule has 30 heavy (non-hydrogen) atoms. The molecule has 3 rings (SSSR count). The van der Waals surface area contributed by atoms with Crippen LogP contribution in [-0.4, -0.2) is 19.7 Å². The summed E-state index contributed by atoms with van der Waals surface area (Å²) in [6.45, 7) is 4.76. The van der Waals surface area contributed by atoms with E-state index < -0.39 is 5.60 Å². The summed E-state index contributed by atoms with van der Waals surface area (Å²) in [7, 11) is 0. The quantitative estimate of drug-likeness (QED) is 0.354. The van der Waals surface area contributed by atoms with Gasteiger partial charge < -0.3 is 10.1 Å². The Morgan fingerprint density at radius 2 is 1.33 bits per heavy atom. The lowest BCUT2D eigenvalue weighted by molar-refractivity contribution is -0.0242. The molecule has 2 heteroatoms. The summed E-state index contributed by atoms with van der Waals surface area (Å²) in [5.41, 5.74) is 3.26. The van der Waals surface area contributed by atoms with Gasteiger partial charge >= 0.3 is 0 Å². The highest BCUT2D eigenvalue weighted by molar-refractivity contribution is 5.48. The summed E-state index contributed by atoms with van der Waals surface area (Å²) in [6.07, 6.45) is 7.32. The monoisotopic (exact) mass is 399 g/mol. The molecular weight excluding hydrogens is 366 g/mol. The van der Waals surface area contributed by atoms with Crippen LogP contribution in [0.5, 0.6) is 0 Å². The predicted octanol–water partition coefficient (Wildman–Crippen LogP) is 6.44. The van der Waals surface area contributed by atoms with Crippen molar-refractivity contribution in [2.45, 2.75) is 31.8 Å². The zero-order valence-corrected chi connectivity index (χ0v) is 18.0. The number of nitrogens with one attached hydrogen (secondary N) is 1. The van der Waals surface area contributed by atoms with E-state index in [0.29, 0.717) is 0 Å². The first-order valence-electron chi connectivity index (χ1n) is 11.0. The largest absolute Gasteiger partial charge is 0.366 e. The highest BCUT2D eigenvalue weighted by atomic mass is 16.5. The summed E-state index contributed by atoms with van der Waals surface area (Å²) < 4.78 is 6.58. The minimum atomic E-state index is -0.425. The highest BCUT2D eigenvalue weighted by Crippen LogP contribution is 2.37. The van der Waals surface area contributed by atoms with Crippen LogP contribution in [0.4, 0.5) is 0 Å². The lowest BCUT2D eigenvalue weighted by atomic mass is 9.83. The Bertz CT molecular complexity index is 819. The molecule has 0 radical (unpaired) electrons. The van der Waals surface area contributed by atoms with E-state index in [1.54, 1.807) is 0 Å². The minimum Gasteiger partial charge on any atom is -0.366 e. The van der Waals surface area contributed by atoms with Crippen LogP contribution < -0.4 is 5.32 Å². The molecule has 0 atom stereocenters. The van der Waals surface area contributed by atoms with E-state index in [1.165, 1.54) is 16.7 Å². The molecule has 0 aliphatic heterocycles. The summed E-state index contributed by atoms with van der Waals surface area (Å²) in [5.74, 6) is 0. The van der Waals surface area contributed by atoms with Gasteiger partial charge in [-0.25, -0.2) is 0 Å². The standard InChI is InChI=1S/C28H33NO/c1-2-24-30-28(26-17-8-4-9-18-26,27-19-10-5-11-20-27)21-23-29-22-13-12-16-25-14-6-3-7-15-25/h3-12,14-20,29H,2,13,21-24H2,1H3/b16-12+. The fourth-order valence-corrected chi connectivity index (χ4v) is 3.74. The first-order valence-corrected chi connectivity index (χ1v) is 11.0. The van der Waals surface area contributed by atoms with Crippen molar-refractivity contribution in [1.29, 1.82) is 0 Å². The molecule has 0 spiro atoms. The van der Waals surface area contributed by atoms with Crippen LogP contribution in [0.1, 0.15) is 42.9 Å². The number of hydrogen-bond acceptors (Lipinski definition) is 2. The Kier molecular flexibility index (Phi) is 8.89. The molecule has 0 aliphatic carbocycles. The van der Waals surface area contributed by atoms with E-state index in [4.69, 9.17) is 4.74 Å². The molecule has 0 fully saturated rings. The SMILES string of the molecule is CCCOC(CCNCC/C=C/c1ccccc1)(c1ccccc1)c1ccccc1. The lowest BCUT2D eigenvalue weighted by Crippen LogP contribution is -2.35. The molecule has 0 heterocycles. The summed E-state index contributed by atoms with van der Waals surface area (Å²) >= 11 is 0. The molecule has 0 bridgehead atoms. The average molecular weight is 400 g/mol. The zero-order chi connectivity index (χ0) is 20.9. The molecule has 3 aromatic rings. The second kappa shape index (κ2) is 12.1. The van der Waals surface area contributed by atoms with Gasteiger partial charge in [-0.05, 0) is 49.0 Å². The van der Waals surface area contributed by atoms with Gasteiger partial charge in [-0.3, -0.25) is 0 Å². The van der Waals surface area contributed by atoms with E-state index in [1.807, 2.05) is 6.07 Å². The molecule has 3 aromatic carbocycles. The normalized spacial score (nSPS) is 11.8. The molecule has 0 aromatic heterocycles. The van der Waals surface area contributed by atoms with Crippen LogP contribution in [0.15, 0.2) is 97.1 Å². The topological polar surface area (TPSA) is 21.3 Å². The molecule has 0 saturated carbocycles. The molecule has 2 nitrogen and oxygen atoms in total. The van der Waals surface area contributed by atoms with Gasteiger partial charge in [0.2, 0.25) is 0 Å². The van der Waals surface area contributed by atoms with Crippen molar-refractivity contribution < 1.29 is 4.74 Å². The first-order chi connectivity index (χ1) is 14.8. The fraction of sp³-hybridized carbons (Fsp3) is 0.286. The maximum Gasteiger partial charge on any atom is 0.119 e. The molecular formula is C28H33NO. The third-order valence-corrected chi connectivity index (χ3v) is 5.28. The van der Waals surface area contributed by atoms with E-state index in [0.717, 1.165) is 39.0 Å². The van der Waals surface area contributed by atoms with Crippen LogP contribution >= 0.6 is 0 Å². The zero-order valence-electron chi connectivity index (χ0n) is 18.0. The first kappa shape index (κ1) is 22.0. The third kappa shape index (κ3) is 6.16. The molecule has 0 unspecified atom stereocenters. The average Bonchev–Trinajstić information content (AvgIpc) is 2.82.